The molecule has 4 heteroatoms. The van der Waals surface area contributed by atoms with Gasteiger partial charge in [0, 0.05) is 25.8 Å². The van der Waals surface area contributed by atoms with Gasteiger partial charge in [0.15, 0.2) is 0 Å². The molecule has 0 N–H and O–H groups in total. The van der Waals surface area contributed by atoms with E-state index in [1.54, 1.807) is 5.57 Å². The standard InChI is InChI=1S/C26H24N2.CO2/c1-3-10-24-20(7-1)12-13-21-8-2-4-11-25(21)26(24)22-14-17-28(18-15-22)19-23-9-5-6-16-27-23;2-1-3/h1-13,16H,14-15,17-19H2;. The van der Waals surface area contributed by atoms with Crippen LogP contribution in [0.25, 0.3) is 17.7 Å². The molecule has 5 rings (SSSR count). The maximum Gasteiger partial charge on any atom is 0.373 e. The van der Waals surface area contributed by atoms with Crippen molar-refractivity contribution in [2.45, 2.75) is 19.4 Å². The highest BCUT2D eigenvalue weighted by molar-refractivity contribution is 5.94. The molecule has 3 aromatic rings. The molecule has 0 spiro atoms. The van der Waals surface area contributed by atoms with Gasteiger partial charge in [-0.15, -0.1) is 0 Å². The first-order valence-electron chi connectivity index (χ1n) is 10.5. The Morgan fingerprint density at radius 2 is 1.32 bits per heavy atom. The summed E-state index contributed by atoms with van der Waals surface area (Å²) in [5.41, 5.74) is 9.57. The van der Waals surface area contributed by atoms with Crippen molar-refractivity contribution in [2.75, 3.05) is 13.1 Å². The molecule has 2 aromatic carbocycles. The highest BCUT2D eigenvalue weighted by Crippen LogP contribution is 2.38. The zero-order chi connectivity index (χ0) is 21.5. The zero-order valence-corrected chi connectivity index (χ0v) is 17.3. The maximum atomic E-state index is 8.12. The molecule has 4 nitrogen and oxygen atoms in total. The molecule has 1 saturated heterocycles. The van der Waals surface area contributed by atoms with E-state index in [2.05, 4.69) is 82.7 Å². The van der Waals surface area contributed by atoms with Gasteiger partial charge in [-0.2, -0.15) is 9.59 Å². The Bertz CT molecular complexity index is 1080. The molecule has 2 heterocycles. The third-order valence-electron chi connectivity index (χ3n) is 5.83. The van der Waals surface area contributed by atoms with Crippen LogP contribution in [0.4, 0.5) is 0 Å². The van der Waals surface area contributed by atoms with Crippen molar-refractivity contribution in [1.29, 1.82) is 0 Å². The molecule has 0 atom stereocenters. The lowest BCUT2D eigenvalue weighted by atomic mass is 9.86. The van der Waals surface area contributed by atoms with Gasteiger partial charge in [-0.05, 0) is 52.8 Å². The average Bonchev–Trinajstić information content (AvgIpc) is 2.98. The first-order valence-corrected chi connectivity index (χ1v) is 10.5. The van der Waals surface area contributed by atoms with E-state index >= 15 is 0 Å². The highest BCUT2D eigenvalue weighted by Gasteiger charge is 2.22. The van der Waals surface area contributed by atoms with Gasteiger partial charge in [-0.3, -0.25) is 9.88 Å². The SMILES string of the molecule is C1=Cc2ccccc2C(=C2CCN(Cc3ccccn3)CC2)c2ccccc21.O=C=O. The van der Waals surface area contributed by atoms with Gasteiger partial charge in [-0.1, -0.05) is 72.3 Å². The Labute approximate surface area is 182 Å². The van der Waals surface area contributed by atoms with Gasteiger partial charge in [0.2, 0.25) is 0 Å². The van der Waals surface area contributed by atoms with Crippen LogP contribution < -0.4 is 0 Å². The lowest BCUT2D eigenvalue weighted by Crippen LogP contribution is -2.31. The van der Waals surface area contributed by atoms with Crippen LogP contribution in [-0.4, -0.2) is 29.1 Å². The molecule has 0 bridgehead atoms. The van der Waals surface area contributed by atoms with E-state index in [9.17, 15) is 0 Å². The number of rotatable bonds is 2. The third-order valence-corrected chi connectivity index (χ3v) is 5.83. The minimum absolute atomic E-state index is 0.250. The van der Waals surface area contributed by atoms with Crippen molar-refractivity contribution in [2.24, 2.45) is 0 Å². The Morgan fingerprint density at radius 1 is 0.774 bits per heavy atom. The number of likely N-dealkylation sites (tertiary alicyclic amines) is 1. The predicted octanol–water partition coefficient (Wildman–Crippen LogP) is 5.08. The van der Waals surface area contributed by atoms with Gasteiger partial charge in [0.1, 0.15) is 0 Å². The van der Waals surface area contributed by atoms with Crippen molar-refractivity contribution in [3.05, 3.63) is 106 Å². The minimum Gasteiger partial charge on any atom is -0.297 e. The lowest BCUT2D eigenvalue weighted by Gasteiger charge is -2.30. The number of pyridine rings is 1. The fourth-order valence-corrected chi connectivity index (χ4v) is 4.40. The lowest BCUT2D eigenvalue weighted by molar-refractivity contribution is -0.191. The van der Waals surface area contributed by atoms with Crippen LogP contribution in [0.1, 0.15) is 40.8 Å². The second-order valence-electron chi connectivity index (χ2n) is 7.67. The summed E-state index contributed by atoms with van der Waals surface area (Å²) in [5, 5.41) is 0. The van der Waals surface area contributed by atoms with Gasteiger partial charge in [0.05, 0.1) is 5.69 Å². The molecule has 0 saturated carbocycles. The molecule has 154 valence electrons. The number of benzene rings is 2. The monoisotopic (exact) mass is 408 g/mol. The maximum absolute atomic E-state index is 8.12. The Hall–Kier alpha value is -3.59. The Balaban J connectivity index is 0.000000730. The van der Waals surface area contributed by atoms with E-state index in [-0.39, 0.29) is 6.15 Å². The second kappa shape index (κ2) is 9.94. The molecular formula is C27H24N2O2. The number of carbonyl (C=O) groups excluding carboxylic acids is 2. The number of hydrogen-bond acceptors (Lipinski definition) is 4. The fourth-order valence-electron chi connectivity index (χ4n) is 4.40. The number of aromatic nitrogens is 1. The van der Waals surface area contributed by atoms with Gasteiger partial charge in [-0.25, -0.2) is 0 Å². The fraction of sp³-hybridized carbons (Fsp3) is 0.185. The van der Waals surface area contributed by atoms with Crippen molar-refractivity contribution in [3.63, 3.8) is 0 Å². The molecule has 2 aliphatic rings. The van der Waals surface area contributed by atoms with Gasteiger partial charge in [0.25, 0.3) is 0 Å². The van der Waals surface area contributed by atoms with Crippen molar-refractivity contribution < 1.29 is 9.59 Å². The molecule has 31 heavy (non-hydrogen) atoms. The summed E-state index contributed by atoms with van der Waals surface area (Å²) in [4.78, 5) is 23.3. The van der Waals surface area contributed by atoms with Crippen LogP contribution in [0.5, 0.6) is 0 Å². The Kier molecular flexibility index (Phi) is 6.63. The number of nitrogens with zero attached hydrogens (tertiary/aromatic N) is 2. The van der Waals surface area contributed by atoms with E-state index in [4.69, 9.17) is 9.59 Å². The molecule has 0 radical (unpaired) electrons. The molecule has 1 aromatic heterocycles. The minimum atomic E-state index is 0.250. The molecule has 1 aliphatic carbocycles. The van der Waals surface area contributed by atoms with E-state index in [1.165, 1.54) is 27.8 Å². The topological polar surface area (TPSA) is 50.3 Å². The van der Waals surface area contributed by atoms with Crippen LogP contribution in [-0.2, 0) is 16.1 Å². The largest absolute Gasteiger partial charge is 0.373 e. The molecule has 0 amide bonds. The van der Waals surface area contributed by atoms with Gasteiger partial charge < -0.3 is 0 Å². The quantitative estimate of drug-likeness (QED) is 0.464. The first kappa shape index (κ1) is 20.7. The molecule has 0 unspecified atom stereocenters. The molecule has 1 fully saturated rings. The van der Waals surface area contributed by atoms with E-state index in [0.29, 0.717) is 0 Å². The smallest absolute Gasteiger partial charge is 0.297 e. The number of piperidine rings is 1. The zero-order valence-electron chi connectivity index (χ0n) is 17.3. The van der Waals surface area contributed by atoms with Crippen molar-refractivity contribution in [3.8, 4) is 0 Å². The van der Waals surface area contributed by atoms with E-state index < -0.39 is 0 Å². The highest BCUT2D eigenvalue weighted by atomic mass is 16.2. The molecular weight excluding hydrogens is 384 g/mol. The van der Waals surface area contributed by atoms with Crippen molar-refractivity contribution >= 4 is 23.9 Å². The van der Waals surface area contributed by atoms with Crippen molar-refractivity contribution in [1.82, 2.24) is 9.88 Å². The van der Waals surface area contributed by atoms with Crippen LogP contribution in [0, 0.1) is 0 Å². The third kappa shape index (κ3) is 4.77. The number of fused-ring (bicyclic) bond motifs is 2. The van der Waals surface area contributed by atoms with E-state index in [0.717, 1.165) is 38.2 Å². The summed E-state index contributed by atoms with van der Waals surface area (Å²) in [7, 11) is 0. The predicted molar refractivity (Wildman–Crippen MR) is 122 cm³/mol. The first-order chi connectivity index (χ1) is 15.3. The van der Waals surface area contributed by atoms with Crippen LogP contribution in [0.2, 0.25) is 0 Å². The summed E-state index contributed by atoms with van der Waals surface area (Å²) < 4.78 is 0. The van der Waals surface area contributed by atoms with Crippen LogP contribution in [0.15, 0.2) is 78.5 Å². The van der Waals surface area contributed by atoms with E-state index in [1.807, 2.05) is 12.3 Å². The molecule has 1 aliphatic heterocycles. The number of hydrogen-bond donors (Lipinski definition) is 0. The van der Waals surface area contributed by atoms with Crippen LogP contribution >= 0.6 is 0 Å². The summed E-state index contributed by atoms with van der Waals surface area (Å²) >= 11 is 0. The second-order valence-corrected chi connectivity index (χ2v) is 7.67. The summed E-state index contributed by atoms with van der Waals surface area (Å²) in [6.07, 6.45) is 8.89. The normalized spacial score (nSPS) is 15.1. The van der Waals surface area contributed by atoms with Crippen LogP contribution in [0.3, 0.4) is 0 Å². The summed E-state index contributed by atoms with van der Waals surface area (Å²) in [5.74, 6) is 0. The Morgan fingerprint density at radius 3 is 1.87 bits per heavy atom. The summed E-state index contributed by atoms with van der Waals surface area (Å²) in [6.45, 7) is 3.12. The van der Waals surface area contributed by atoms with Gasteiger partial charge >= 0.3 is 6.15 Å². The summed E-state index contributed by atoms with van der Waals surface area (Å²) in [6, 6.07) is 23.8. The average molecular weight is 409 g/mol.